The molecule has 0 aliphatic heterocycles. The van der Waals surface area contributed by atoms with Crippen molar-refractivity contribution in [3.63, 3.8) is 0 Å². The van der Waals surface area contributed by atoms with Crippen molar-refractivity contribution < 1.29 is 9.90 Å². The van der Waals surface area contributed by atoms with E-state index in [1.165, 1.54) is 0 Å². The lowest BCUT2D eigenvalue weighted by molar-refractivity contribution is -0.133. The minimum Gasteiger partial charge on any atom is -0.392 e. The summed E-state index contributed by atoms with van der Waals surface area (Å²) >= 11 is 0. The second-order valence-electron chi connectivity index (χ2n) is 4.86. The van der Waals surface area contributed by atoms with Gasteiger partial charge in [0, 0.05) is 19.1 Å². The summed E-state index contributed by atoms with van der Waals surface area (Å²) < 4.78 is 0. The number of amides is 1. The fourth-order valence-electron chi connectivity index (χ4n) is 2.51. The van der Waals surface area contributed by atoms with Gasteiger partial charge in [0.15, 0.2) is 0 Å². The third-order valence-corrected chi connectivity index (χ3v) is 3.64. The van der Waals surface area contributed by atoms with Gasteiger partial charge in [0.1, 0.15) is 0 Å². The summed E-state index contributed by atoms with van der Waals surface area (Å²) in [5, 5.41) is 13.1. The van der Waals surface area contributed by atoms with E-state index in [1.807, 2.05) is 25.7 Å². The Bertz CT molecular complexity index is 242. The molecule has 1 amide bonds. The molecule has 0 heterocycles. The Kier molecular flexibility index (Phi) is 5.92. The topological polar surface area (TPSA) is 52.6 Å². The van der Waals surface area contributed by atoms with Gasteiger partial charge in [0.05, 0.1) is 12.1 Å². The molecule has 0 aromatic carbocycles. The Labute approximate surface area is 104 Å². The largest absolute Gasteiger partial charge is 0.392 e. The number of aliphatic hydroxyl groups excluding tert-OH is 1. The summed E-state index contributed by atoms with van der Waals surface area (Å²) in [5.74, 6) is 0.132. The molecule has 100 valence electrons. The molecule has 0 aromatic rings. The van der Waals surface area contributed by atoms with E-state index in [0.717, 1.165) is 38.8 Å². The number of aliphatic hydroxyl groups is 1. The molecule has 1 aliphatic carbocycles. The van der Waals surface area contributed by atoms with Gasteiger partial charge in [-0.25, -0.2) is 0 Å². The van der Waals surface area contributed by atoms with Crippen LogP contribution < -0.4 is 5.32 Å². The molecule has 17 heavy (non-hydrogen) atoms. The molecule has 0 bridgehead atoms. The van der Waals surface area contributed by atoms with Crippen LogP contribution in [0.5, 0.6) is 0 Å². The summed E-state index contributed by atoms with van der Waals surface area (Å²) in [7, 11) is 0. The minimum atomic E-state index is -0.296. The molecule has 0 saturated heterocycles. The fourth-order valence-corrected chi connectivity index (χ4v) is 2.51. The highest BCUT2D eigenvalue weighted by atomic mass is 16.3. The molecule has 4 heteroatoms. The zero-order valence-corrected chi connectivity index (χ0v) is 11.3. The van der Waals surface area contributed by atoms with E-state index in [4.69, 9.17) is 0 Å². The van der Waals surface area contributed by atoms with Crippen molar-refractivity contribution in [2.45, 2.75) is 64.6 Å². The fraction of sp³-hybridized carbons (Fsp3) is 0.923. The Morgan fingerprint density at radius 2 is 1.94 bits per heavy atom. The van der Waals surface area contributed by atoms with Crippen LogP contribution in [0.3, 0.4) is 0 Å². The van der Waals surface area contributed by atoms with Crippen molar-refractivity contribution in [2.24, 2.45) is 0 Å². The van der Waals surface area contributed by atoms with Crippen LogP contribution in [0.2, 0.25) is 0 Å². The first-order valence-electron chi connectivity index (χ1n) is 6.83. The van der Waals surface area contributed by atoms with Crippen LogP contribution in [0.1, 0.15) is 46.5 Å². The SMILES string of the molecule is CCN(CC)C(=O)C(C)N[C@@H]1CCCC[C@H]1O. The van der Waals surface area contributed by atoms with Gasteiger partial charge in [-0.05, 0) is 33.6 Å². The molecule has 1 rings (SSSR count). The lowest BCUT2D eigenvalue weighted by Gasteiger charge is -2.32. The van der Waals surface area contributed by atoms with Gasteiger partial charge in [-0.3, -0.25) is 4.79 Å². The van der Waals surface area contributed by atoms with Crippen molar-refractivity contribution in [1.82, 2.24) is 10.2 Å². The van der Waals surface area contributed by atoms with E-state index < -0.39 is 0 Å². The van der Waals surface area contributed by atoms with Gasteiger partial charge >= 0.3 is 0 Å². The summed E-state index contributed by atoms with van der Waals surface area (Å²) in [6.07, 6.45) is 3.76. The molecule has 0 spiro atoms. The molecule has 2 N–H and O–H groups in total. The van der Waals surface area contributed by atoms with Gasteiger partial charge in [-0.1, -0.05) is 12.8 Å². The predicted molar refractivity (Wildman–Crippen MR) is 68.8 cm³/mol. The highest BCUT2D eigenvalue weighted by molar-refractivity contribution is 5.81. The third kappa shape index (κ3) is 3.96. The predicted octanol–water partition coefficient (Wildman–Crippen LogP) is 1.14. The van der Waals surface area contributed by atoms with Crippen molar-refractivity contribution in [3.05, 3.63) is 0 Å². The number of nitrogens with zero attached hydrogens (tertiary/aromatic N) is 1. The summed E-state index contributed by atoms with van der Waals surface area (Å²) in [6, 6.07) is -0.120. The molecule has 1 unspecified atom stereocenters. The maximum atomic E-state index is 12.1. The third-order valence-electron chi connectivity index (χ3n) is 3.64. The molecule has 1 aliphatic rings. The molecule has 4 nitrogen and oxygen atoms in total. The van der Waals surface area contributed by atoms with Crippen molar-refractivity contribution in [2.75, 3.05) is 13.1 Å². The normalized spacial score (nSPS) is 26.6. The second-order valence-corrected chi connectivity index (χ2v) is 4.86. The van der Waals surface area contributed by atoms with E-state index in [1.54, 1.807) is 0 Å². The Hall–Kier alpha value is -0.610. The van der Waals surface area contributed by atoms with Gasteiger partial charge < -0.3 is 15.3 Å². The van der Waals surface area contributed by atoms with E-state index in [0.29, 0.717) is 0 Å². The minimum absolute atomic E-state index is 0.0817. The molecular formula is C13H26N2O2. The number of carbonyl (C=O) groups is 1. The van der Waals surface area contributed by atoms with Gasteiger partial charge in [0.2, 0.25) is 5.91 Å². The van der Waals surface area contributed by atoms with Gasteiger partial charge in [-0.15, -0.1) is 0 Å². The highest BCUT2D eigenvalue weighted by Gasteiger charge is 2.27. The quantitative estimate of drug-likeness (QED) is 0.760. The molecule has 3 atom stereocenters. The maximum absolute atomic E-state index is 12.1. The average Bonchev–Trinajstić information content (AvgIpc) is 2.33. The zero-order chi connectivity index (χ0) is 12.8. The lowest BCUT2D eigenvalue weighted by Crippen LogP contribution is -2.52. The highest BCUT2D eigenvalue weighted by Crippen LogP contribution is 2.18. The van der Waals surface area contributed by atoms with Crippen LogP contribution >= 0.6 is 0 Å². The molecule has 1 fully saturated rings. The van der Waals surface area contributed by atoms with Crippen LogP contribution in [0.4, 0.5) is 0 Å². The summed E-state index contributed by atoms with van der Waals surface area (Å²) in [6.45, 7) is 7.36. The summed E-state index contributed by atoms with van der Waals surface area (Å²) in [5.41, 5.74) is 0. The first kappa shape index (κ1) is 14.5. The number of nitrogens with one attached hydrogen (secondary N) is 1. The van der Waals surface area contributed by atoms with Crippen LogP contribution in [0.15, 0.2) is 0 Å². The molecule has 0 aromatic heterocycles. The van der Waals surface area contributed by atoms with E-state index in [-0.39, 0.29) is 24.1 Å². The first-order valence-corrected chi connectivity index (χ1v) is 6.83. The van der Waals surface area contributed by atoms with E-state index >= 15 is 0 Å². The zero-order valence-electron chi connectivity index (χ0n) is 11.3. The maximum Gasteiger partial charge on any atom is 0.239 e. The van der Waals surface area contributed by atoms with Gasteiger partial charge in [0.25, 0.3) is 0 Å². The number of likely N-dealkylation sites (N-methyl/N-ethyl adjacent to an activating group) is 1. The van der Waals surface area contributed by atoms with Crippen LogP contribution in [-0.2, 0) is 4.79 Å². The van der Waals surface area contributed by atoms with Crippen LogP contribution in [-0.4, -0.2) is 47.2 Å². The molecule has 1 saturated carbocycles. The first-order chi connectivity index (χ1) is 8.10. The van der Waals surface area contributed by atoms with Gasteiger partial charge in [-0.2, -0.15) is 0 Å². The van der Waals surface area contributed by atoms with E-state index in [2.05, 4.69) is 5.32 Å². The van der Waals surface area contributed by atoms with E-state index in [9.17, 15) is 9.90 Å². The monoisotopic (exact) mass is 242 g/mol. The number of hydrogen-bond acceptors (Lipinski definition) is 3. The Balaban J connectivity index is 2.46. The smallest absolute Gasteiger partial charge is 0.239 e. The second kappa shape index (κ2) is 6.97. The van der Waals surface area contributed by atoms with Crippen molar-refractivity contribution in [3.8, 4) is 0 Å². The average molecular weight is 242 g/mol. The Morgan fingerprint density at radius 3 is 2.47 bits per heavy atom. The number of rotatable bonds is 5. The standard InChI is InChI=1S/C13H26N2O2/c1-4-15(5-2)13(17)10(3)14-11-8-6-7-9-12(11)16/h10-12,14,16H,4-9H2,1-3H3/t10?,11-,12-/m1/s1. The molecular weight excluding hydrogens is 216 g/mol. The van der Waals surface area contributed by atoms with Crippen LogP contribution in [0, 0.1) is 0 Å². The number of hydrogen-bond donors (Lipinski definition) is 2. The number of carbonyl (C=O) groups excluding carboxylic acids is 1. The van der Waals surface area contributed by atoms with Crippen molar-refractivity contribution in [1.29, 1.82) is 0 Å². The Morgan fingerprint density at radius 1 is 1.35 bits per heavy atom. The van der Waals surface area contributed by atoms with Crippen LogP contribution in [0.25, 0.3) is 0 Å². The lowest BCUT2D eigenvalue weighted by atomic mass is 9.92. The molecule has 0 radical (unpaired) electrons. The summed E-state index contributed by atoms with van der Waals surface area (Å²) in [4.78, 5) is 13.9. The van der Waals surface area contributed by atoms with Crippen molar-refractivity contribution >= 4 is 5.91 Å².